The molecular weight excluding hydrogens is 284 g/mol. The summed E-state index contributed by atoms with van der Waals surface area (Å²) >= 11 is 0. The van der Waals surface area contributed by atoms with Crippen LogP contribution in [0.1, 0.15) is 29.5 Å². The highest BCUT2D eigenvalue weighted by Gasteiger charge is 2.12. The second-order valence-electron chi connectivity index (χ2n) is 4.91. The molecule has 118 valence electrons. The van der Waals surface area contributed by atoms with E-state index < -0.39 is 0 Å². The molecule has 2 heterocycles. The molecule has 0 bridgehead atoms. The number of anilines is 1. The average molecular weight is 304 g/mol. The number of rotatable bonds is 6. The van der Waals surface area contributed by atoms with Gasteiger partial charge in [-0.05, 0) is 19.9 Å². The lowest BCUT2D eigenvalue weighted by atomic mass is 10.3. The Morgan fingerprint density at radius 3 is 2.68 bits per heavy atom. The van der Waals surface area contributed by atoms with Gasteiger partial charge < -0.3 is 10.6 Å². The molecule has 0 saturated carbocycles. The predicted octanol–water partition coefficient (Wildman–Crippen LogP) is 0.704. The molecule has 2 N–H and O–H groups in total. The van der Waals surface area contributed by atoms with E-state index in [4.69, 9.17) is 0 Å². The number of aromatic nitrogens is 4. The van der Waals surface area contributed by atoms with Crippen molar-refractivity contribution in [3.8, 4) is 0 Å². The molecule has 0 aliphatic carbocycles. The zero-order valence-electron chi connectivity index (χ0n) is 13.0. The molecule has 0 aliphatic heterocycles. The van der Waals surface area contributed by atoms with Gasteiger partial charge in [-0.15, -0.1) is 0 Å². The normalized spacial score (nSPS) is 10.5. The number of aryl methyl sites for hydroxylation is 3. The van der Waals surface area contributed by atoms with E-state index >= 15 is 0 Å². The van der Waals surface area contributed by atoms with E-state index in [1.54, 1.807) is 30.1 Å². The van der Waals surface area contributed by atoms with Crippen LogP contribution in [0.3, 0.4) is 0 Å². The van der Waals surface area contributed by atoms with Gasteiger partial charge in [0.25, 0.3) is 5.91 Å². The maximum atomic E-state index is 11.9. The Balaban J connectivity index is 1.77. The lowest BCUT2D eigenvalue weighted by molar-refractivity contribution is -0.116. The monoisotopic (exact) mass is 304 g/mol. The van der Waals surface area contributed by atoms with Crippen LogP contribution in [-0.4, -0.2) is 37.9 Å². The molecular formula is C14H20N6O2. The Hall–Kier alpha value is -2.64. The van der Waals surface area contributed by atoms with E-state index in [9.17, 15) is 9.59 Å². The van der Waals surface area contributed by atoms with Crippen LogP contribution in [0, 0.1) is 6.92 Å². The van der Waals surface area contributed by atoms with Gasteiger partial charge in [0.05, 0.1) is 5.69 Å². The molecule has 8 nitrogen and oxygen atoms in total. The number of carbonyl (C=O) groups excluding carboxylic acids is 2. The smallest absolute Gasteiger partial charge is 0.269 e. The van der Waals surface area contributed by atoms with E-state index in [2.05, 4.69) is 20.8 Å². The Labute approximate surface area is 128 Å². The standard InChI is InChI=1S/C14H20N6O2/c1-4-20-8-6-12(18-20)16-13(21)5-7-15-14(22)11-9-10(2)17-19(11)3/h6,8-9H,4-5,7H2,1-3H3,(H,15,22)(H,16,18,21). The molecule has 8 heteroatoms. The van der Waals surface area contributed by atoms with Crippen molar-refractivity contribution in [1.82, 2.24) is 24.9 Å². The number of nitrogens with one attached hydrogen (secondary N) is 2. The van der Waals surface area contributed by atoms with Gasteiger partial charge in [0.1, 0.15) is 5.69 Å². The lowest BCUT2D eigenvalue weighted by Crippen LogP contribution is -2.29. The summed E-state index contributed by atoms with van der Waals surface area (Å²) in [4.78, 5) is 23.7. The second kappa shape index (κ2) is 6.88. The summed E-state index contributed by atoms with van der Waals surface area (Å²) < 4.78 is 3.24. The third-order valence-electron chi connectivity index (χ3n) is 3.10. The highest BCUT2D eigenvalue weighted by molar-refractivity contribution is 5.93. The molecule has 0 unspecified atom stereocenters. The fraction of sp³-hybridized carbons (Fsp3) is 0.429. The maximum absolute atomic E-state index is 11.9. The predicted molar refractivity (Wildman–Crippen MR) is 81.4 cm³/mol. The van der Waals surface area contributed by atoms with Crippen molar-refractivity contribution in [2.45, 2.75) is 26.8 Å². The molecule has 2 aromatic heterocycles. The van der Waals surface area contributed by atoms with Gasteiger partial charge in [-0.1, -0.05) is 0 Å². The molecule has 0 fully saturated rings. The molecule has 0 spiro atoms. The van der Waals surface area contributed by atoms with Crippen LogP contribution in [0.25, 0.3) is 0 Å². The molecule has 22 heavy (non-hydrogen) atoms. The van der Waals surface area contributed by atoms with Crippen LogP contribution in [0.15, 0.2) is 18.3 Å². The highest BCUT2D eigenvalue weighted by atomic mass is 16.2. The van der Waals surface area contributed by atoms with Crippen LogP contribution in [-0.2, 0) is 18.4 Å². The maximum Gasteiger partial charge on any atom is 0.269 e. The summed E-state index contributed by atoms with van der Waals surface area (Å²) in [6.07, 6.45) is 1.98. The average Bonchev–Trinajstić information content (AvgIpc) is 3.04. The summed E-state index contributed by atoms with van der Waals surface area (Å²) in [6, 6.07) is 3.44. The van der Waals surface area contributed by atoms with Crippen LogP contribution in [0.5, 0.6) is 0 Å². The molecule has 0 atom stereocenters. The number of carbonyl (C=O) groups is 2. The number of hydrogen-bond donors (Lipinski definition) is 2. The van der Waals surface area contributed by atoms with Crippen molar-refractivity contribution in [2.75, 3.05) is 11.9 Å². The Morgan fingerprint density at radius 1 is 1.32 bits per heavy atom. The minimum atomic E-state index is -0.244. The number of amides is 2. The van der Waals surface area contributed by atoms with Crippen molar-refractivity contribution in [3.63, 3.8) is 0 Å². The number of nitrogens with zero attached hydrogens (tertiary/aromatic N) is 4. The number of hydrogen-bond acceptors (Lipinski definition) is 4. The summed E-state index contributed by atoms with van der Waals surface area (Å²) in [5, 5.41) is 13.7. The zero-order valence-corrected chi connectivity index (χ0v) is 13.0. The first-order valence-electron chi connectivity index (χ1n) is 7.11. The SMILES string of the molecule is CCn1ccc(NC(=O)CCNC(=O)c2cc(C)nn2C)n1. The largest absolute Gasteiger partial charge is 0.350 e. The van der Waals surface area contributed by atoms with E-state index in [-0.39, 0.29) is 24.8 Å². The summed E-state index contributed by atoms with van der Waals surface area (Å²) in [6.45, 7) is 4.79. The molecule has 2 aromatic rings. The summed E-state index contributed by atoms with van der Waals surface area (Å²) in [7, 11) is 1.71. The van der Waals surface area contributed by atoms with Gasteiger partial charge >= 0.3 is 0 Å². The minimum Gasteiger partial charge on any atom is -0.350 e. The first-order valence-corrected chi connectivity index (χ1v) is 7.11. The van der Waals surface area contributed by atoms with Crippen molar-refractivity contribution < 1.29 is 9.59 Å². The molecule has 2 amide bonds. The van der Waals surface area contributed by atoms with E-state index in [1.165, 1.54) is 4.68 Å². The van der Waals surface area contributed by atoms with Crippen LogP contribution in [0.4, 0.5) is 5.82 Å². The minimum absolute atomic E-state index is 0.182. The first kappa shape index (κ1) is 15.7. The van der Waals surface area contributed by atoms with E-state index in [0.29, 0.717) is 11.5 Å². The Morgan fingerprint density at radius 2 is 2.09 bits per heavy atom. The van der Waals surface area contributed by atoms with E-state index in [1.807, 2.05) is 13.8 Å². The van der Waals surface area contributed by atoms with Crippen LogP contribution in [0.2, 0.25) is 0 Å². The molecule has 0 saturated heterocycles. The molecule has 0 aliphatic rings. The molecule has 0 radical (unpaired) electrons. The molecule has 0 aromatic carbocycles. The third-order valence-corrected chi connectivity index (χ3v) is 3.10. The topological polar surface area (TPSA) is 93.8 Å². The zero-order chi connectivity index (χ0) is 16.1. The fourth-order valence-corrected chi connectivity index (χ4v) is 2.01. The van der Waals surface area contributed by atoms with Crippen LogP contribution < -0.4 is 10.6 Å². The van der Waals surface area contributed by atoms with Gasteiger partial charge in [-0.2, -0.15) is 10.2 Å². The lowest BCUT2D eigenvalue weighted by Gasteiger charge is -2.05. The van der Waals surface area contributed by atoms with Crippen molar-refractivity contribution in [2.24, 2.45) is 7.05 Å². The van der Waals surface area contributed by atoms with Gasteiger partial charge in [0, 0.05) is 38.8 Å². The second-order valence-corrected chi connectivity index (χ2v) is 4.91. The third kappa shape index (κ3) is 3.94. The summed E-state index contributed by atoms with van der Waals surface area (Å²) in [5.41, 5.74) is 1.25. The van der Waals surface area contributed by atoms with Crippen LogP contribution >= 0.6 is 0 Å². The van der Waals surface area contributed by atoms with Crippen molar-refractivity contribution in [3.05, 3.63) is 29.7 Å². The van der Waals surface area contributed by atoms with Crippen molar-refractivity contribution >= 4 is 17.6 Å². The summed E-state index contributed by atoms with van der Waals surface area (Å²) in [5.74, 6) is 0.0782. The molecule has 2 rings (SSSR count). The quantitative estimate of drug-likeness (QED) is 0.821. The Kier molecular flexibility index (Phi) is 4.92. The Bertz CT molecular complexity index is 673. The first-order chi connectivity index (χ1) is 10.5. The van der Waals surface area contributed by atoms with Gasteiger partial charge in [0.2, 0.25) is 5.91 Å². The van der Waals surface area contributed by atoms with Gasteiger partial charge in [-0.3, -0.25) is 19.0 Å². The fourth-order valence-electron chi connectivity index (χ4n) is 2.01. The highest BCUT2D eigenvalue weighted by Crippen LogP contribution is 2.03. The van der Waals surface area contributed by atoms with E-state index in [0.717, 1.165) is 12.2 Å². The van der Waals surface area contributed by atoms with Gasteiger partial charge in [0.15, 0.2) is 5.82 Å². The van der Waals surface area contributed by atoms with Gasteiger partial charge in [-0.25, -0.2) is 0 Å². The van der Waals surface area contributed by atoms with Crippen molar-refractivity contribution in [1.29, 1.82) is 0 Å².